The van der Waals surface area contributed by atoms with E-state index in [9.17, 15) is 19.5 Å². The Kier molecular flexibility index (Phi) is 7.16. The molecule has 0 aliphatic carbocycles. The summed E-state index contributed by atoms with van der Waals surface area (Å²) in [4.78, 5) is 46.9. The summed E-state index contributed by atoms with van der Waals surface area (Å²) in [5.41, 5.74) is 2.91. The van der Waals surface area contributed by atoms with Crippen LogP contribution >= 0.6 is 0 Å². The van der Waals surface area contributed by atoms with E-state index in [2.05, 4.69) is 27.8 Å². The van der Waals surface area contributed by atoms with E-state index in [1.165, 1.54) is 11.8 Å². The largest absolute Gasteiger partial charge is 0.481 e. The predicted molar refractivity (Wildman–Crippen MR) is 122 cm³/mol. The van der Waals surface area contributed by atoms with Crippen LogP contribution in [0.15, 0.2) is 36.7 Å². The van der Waals surface area contributed by atoms with E-state index in [1.807, 2.05) is 0 Å². The van der Waals surface area contributed by atoms with Crippen molar-refractivity contribution in [2.24, 2.45) is 0 Å². The number of nitrogens with one attached hydrogen (secondary N) is 2. The van der Waals surface area contributed by atoms with Gasteiger partial charge >= 0.3 is 5.97 Å². The molecule has 2 aliphatic rings. The number of aliphatic carboxylic acids is 1. The average Bonchev–Trinajstić information content (AvgIpc) is 2.83. The molecule has 2 amide bonds. The number of hydrogen-bond acceptors (Lipinski definition) is 6. The summed E-state index contributed by atoms with van der Waals surface area (Å²) in [7, 11) is 0. The number of carbonyl (C=O) groups is 3. The Balaban J connectivity index is 1.29. The lowest BCUT2D eigenvalue weighted by Crippen LogP contribution is -2.41. The maximum absolute atomic E-state index is 12.7. The molecule has 174 valence electrons. The second kappa shape index (κ2) is 10.4. The molecule has 2 aromatic heterocycles. The maximum atomic E-state index is 12.7. The normalized spacial score (nSPS) is 16.9. The first-order valence-corrected chi connectivity index (χ1v) is 11.4. The first kappa shape index (κ1) is 22.7. The zero-order chi connectivity index (χ0) is 23.2. The smallest absolute Gasteiger partial charge is 0.305 e. The Labute approximate surface area is 192 Å². The van der Waals surface area contributed by atoms with Crippen LogP contribution in [0.1, 0.15) is 60.9 Å². The molecule has 9 heteroatoms. The molecule has 0 saturated carbocycles. The van der Waals surface area contributed by atoms with Crippen LogP contribution in [-0.2, 0) is 20.8 Å². The SMILES string of the molecule is O=C(O)CC(NC(=O)CC(=O)N1CCC(c2ccc3c(n2)NCCC3)CC1)c1cccnc1. The van der Waals surface area contributed by atoms with Gasteiger partial charge in [0.25, 0.3) is 0 Å². The topological polar surface area (TPSA) is 125 Å². The molecular formula is C24H29N5O4. The van der Waals surface area contributed by atoms with Crippen molar-refractivity contribution in [3.63, 3.8) is 0 Å². The van der Waals surface area contributed by atoms with E-state index in [-0.39, 0.29) is 18.7 Å². The summed E-state index contributed by atoms with van der Waals surface area (Å²) < 4.78 is 0. The van der Waals surface area contributed by atoms with Crippen LogP contribution in [0.3, 0.4) is 0 Å². The van der Waals surface area contributed by atoms with Gasteiger partial charge in [-0.15, -0.1) is 0 Å². The Bertz CT molecular complexity index is 1010. The molecule has 1 fully saturated rings. The summed E-state index contributed by atoms with van der Waals surface area (Å²) in [5.74, 6) is -0.490. The minimum absolute atomic E-state index is 0.244. The van der Waals surface area contributed by atoms with Crippen molar-refractivity contribution in [1.82, 2.24) is 20.2 Å². The van der Waals surface area contributed by atoms with Gasteiger partial charge in [0, 0.05) is 43.6 Å². The molecule has 9 nitrogen and oxygen atoms in total. The van der Waals surface area contributed by atoms with Crippen molar-refractivity contribution < 1.29 is 19.5 Å². The molecule has 1 saturated heterocycles. The number of hydrogen-bond donors (Lipinski definition) is 3. The highest BCUT2D eigenvalue weighted by atomic mass is 16.4. The Hall–Kier alpha value is -3.49. The third kappa shape index (κ3) is 5.85. The lowest BCUT2D eigenvalue weighted by molar-refractivity contribution is -0.138. The van der Waals surface area contributed by atoms with E-state index in [4.69, 9.17) is 4.98 Å². The third-order valence-corrected chi connectivity index (χ3v) is 6.29. The monoisotopic (exact) mass is 451 g/mol. The van der Waals surface area contributed by atoms with Crippen molar-refractivity contribution in [2.45, 2.75) is 50.5 Å². The molecular weight excluding hydrogens is 422 g/mol. The van der Waals surface area contributed by atoms with Crippen molar-refractivity contribution in [3.8, 4) is 0 Å². The number of pyridine rings is 2. The molecule has 0 radical (unpaired) electrons. The fourth-order valence-electron chi connectivity index (χ4n) is 4.50. The van der Waals surface area contributed by atoms with Crippen molar-refractivity contribution in [3.05, 3.63) is 53.5 Å². The fraction of sp³-hybridized carbons (Fsp3) is 0.458. The van der Waals surface area contributed by atoms with E-state index in [0.29, 0.717) is 24.6 Å². The molecule has 0 bridgehead atoms. The van der Waals surface area contributed by atoms with Gasteiger partial charge in [0.2, 0.25) is 11.8 Å². The lowest BCUT2D eigenvalue weighted by atomic mass is 9.92. The second-order valence-corrected chi connectivity index (χ2v) is 8.61. The summed E-state index contributed by atoms with van der Waals surface area (Å²) in [6.45, 7) is 2.10. The zero-order valence-electron chi connectivity index (χ0n) is 18.5. The zero-order valence-corrected chi connectivity index (χ0v) is 18.5. The number of nitrogens with zero attached hydrogens (tertiary/aromatic N) is 3. The summed E-state index contributed by atoms with van der Waals surface area (Å²) in [5, 5.41) is 15.2. The Morgan fingerprint density at radius 2 is 2.03 bits per heavy atom. The number of aryl methyl sites for hydroxylation is 1. The number of anilines is 1. The van der Waals surface area contributed by atoms with E-state index >= 15 is 0 Å². The lowest BCUT2D eigenvalue weighted by Gasteiger charge is -2.32. The van der Waals surface area contributed by atoms with E-state index in [1.54, 1.807) is 23.2 Å². The van der Waals surface area contributed by atoms with Crippen LogP contribution in [0.5, 0.6) is 0 Å². The van der Waals surface area contributed by atoms with Gasteiger partial charge in [-0.2, -0.15) is 0 Å². The van der Waals surface area contributed by atoms with Gasteiger partial charge in [-0.25, -0.2) is 4.98 Å². The second-order valence-electron chi connectivity index (χ2n) is 8.61. The molecule has 0 aromatic carbocycles. The quantitative estimate of drug-likeness (QED) is 0.552. The molecule has 2 aromatic rings. The highest BCUT2D eigenvalue weighted by Gasteiger charge is 2.27. The molecule has 1 atom stereocenters. The average molecular weight is 452 g/mol. The van der Waals surface area contributed by atoms with Crippen LogP contribution in [0.2, 0.25) is 0 Å². The molecule has 3 N–H and O–H groups in total. The van der Waals surface area contributed by atoms with Crippen LogP contribution in [0, 0.1) is 0 Å². The number of carbonyl (C=O) groups excluding carboxylic acids is 2. The first-order chi connectivity index (χ1) is 16.0. The first-order valence-electron chi connectivity index (χ1n) is 11.4. The molecule has 4 heterocycles. The van der Waals surface area contributed by atoms with Gasteiger partial charge in [-0.3, -0.25) is 19.4 Å². The van der Waals surface area contributed by atoms with Crippen LogP contribution in [0.4, 0.5) is 5.82 Å². The van der Waals surface area contributed by atoms with Gasteiger partial charge < -0.3 is 20.6 Å². The number of fused-ring (bicyclic) bond motifs is 1. The third-order valence-electron chi connectivity index (χ3n) is 6.29. The van der Waals surface area contributed by atoms with Crippen LogP contribution in [-0.4, -0.2) is 57.4 Å². The van der Waals surface area contributed by atoms with Crippen LogP contribution < -0.4 is 10.6 Å². The highest BCUT2D eigenvalue weighted by Crippen LogP contribution is 2.30. The van der Waals surface area contributed by atoms with Gasteiger partial charge in [-0.1, -0.05) is 12.1 Å². The Morgan fingerprint density at radius 1 is 1.21 bits per heavy atom. The van der Waals surface area contributed by atoms with E-state index < -0.39 is 17.9 Å². The minimum atomic E-state index is -1.04. The number of piperidine rings is 1. The molecule has 2 aliphatic heterocycles. The van der Waals surface area contributed by atoms with Crippen molar-refractivity contribution in [1.29, 1.82) is 0 Å². The molecule has 1 unspecified atom stereocenters. The number of carboxylic acids is 1. The predicted octanol–water partition coefficient (Wildman–Crippen LogP) is 2.26. The van der Waals surface area contributed by atoms with Gasteiger partial charge in [0.15, 0.2) is 0 Å². The van der Waals surface area contributed by atoms with Crippen molar-refractivity contribution in [2.75, 3.05) is 25.0 Å². The summed E-state index contributed by atoms with van der Waals surface area (Å²) in [6, 6.07) is 6.91. The van der Waals surface area contributed by atoms with Gasteiger partial charge in [0.1, 0.15) is 12.2 Å². The fourth-order valence-corrected chi connectivity index (χ4v) is 4.50. The van der Waals surface area contributed by atoms with E-state index in [0.717, 1.165) is 43.7 Å². The maximum Gasteiger partial charge on any atom is 0.305 e. The number of aromatic nitrogens is 2. The highest BCUT2D eigenvalue weighted by molar-refractivity contribution is 5.97. The Morgan fingerprint density at radius 3 is 2.76 bits per heavy atom. The van der Waals surface area contributed by atoms with Crippen LogP contribution in [0.25, 0.3) is 0 Å². The van der Waals surface area contributed by atoms with Gasteiger partial charge in [0.05, 0.1) is 12.5 Å². The summed E-state index contributed by atoms with van der Waals surface area (Å²) >= 11 is 0. The minimum Gasteiger partial charge on any atom is -0.481 e. The number of amides is 2. The molecule has 0 spiro atoms. The number of likely N-dealkylation sites (tertiary alicyclic amines) is 1. The summed E-state index contributed by atoms with van der Waals surface area (Å²) in [6.07, 6.45) is 6.30. The standard InChI is InChI=1S/C24H29N5O4/c30-21(27-20(13-23(32)33)18-4-1-9-25-15-18)14-22(31)29-11-7-16(8-12-29)19-6-5-17-3-2-10-26-24(17)28-19/h1,4-6,9,15-16,20H,2-3,7-8,10-14H2,(H,26,28)(H,27,30)(H,32,33). The number of carboxylic acid groups (broad SMARTS) is 1. The molecule has 33 heavy (non-hydrogen) atoms. The van der Waals surface area contributed by atoms with Gasteiger partial charge in [-0.05, 0) is 48.9 Å². The van der Waals surface area contributed by atoms with Crippen molar-refractivity contribution >= 4 is 23.6 Å². The number of rotatable bonds is 7. The molecule has 4 rings (SSSR count).